The molecule has 1 fully saturated rings. The Hall–Kier alpha value is -2.07. The van der Waals surface area contributed by atoms with Crippen LogP contribution in [0.3, 0.4) is 0 Å². The van der Waals surface area contributed by atoms with E-state index in [1.165, 1.54) is 16.3 Å². The number of carbonyl (C=O) groups is 1. The summed E-state index contributed by atoms with van der Waals surface area (Å²) in [6.45, 7) is 5.10. The Morgan fingerprint density at radius 2 is 1.96 bits per heavy atom. The molecule has 0 saturated carbocycles. The largest absolute Gasteiger partial charge is 0.494 e. The minimum absolute atomic E-state index is 0.190. The van der Waals surface area contributed by atoms with Gasteiger partial charge in [0, 0.05) is 12.1 Å². The van der Waals surface area contributed by atoms with Crippen LogP contribution in [0, 0.1) is 5.92 Å². The zero-order valence-electron chi connectivity index (χ0n) is 13.5. The summed E-state index contributed by atoms with van der Waals surface area (Å²) in [6, 6.07) is 12.5. The summed E-state index contributed by atoms with van der Waals surface area (Å²) in [6.07, 6.45) is 1.45. The van der Waals surface area contributed by atoms with Crippen molar-refractivity contribution in [1.82, 2.24) is 4.90 Å². The van der Waals surface area contributed by atoms with Crippen molar-refractivity contribution >= 4 is 16.7 Å². The fourth-order valence-electron chi connectivity index (χ4n) is 3.33. The lowest BCUT2D eigenvalue weighted by atomic mass is 9.96. The summed E-state index contributed by atoms with van der Waals surface area (Å²) in [7, 11) is 0. The molecular weight excluding hydrogens is 290 g/mol. The minimum Gasteiger partial charge on any atom is -0.494 e. The van der Waals surface area contributed by atoms with Crippen molar-refractivity contribution in [2.75, 3.05) is 19.7 Å². The molecule has 4 nitrogen and oxygen atoms in total. The number of likely N-dealkylation sites (tertiary alicyclic amines) is 1. The standard InChI is InChI=1S/C19H23NO3/c1-2-23-18-8-7-14-5-3-4-6-16(14)17(18)13-20-11-9-15(10-12-20)19(21)22/h3-8,15H,2,9-13H2,1H3,(H,21,22). The summed E-state index contributed by atoms with van der Waals surface area (Å²) in [5, 5.41) is 11.6. The van der Waals surface area contributed by atoms with Gasteiger partial charge in [0.25, 0.3) is 0 Å². The Balaban J connectivity index is 1.84. The molecule has 1 aliphatic rings. The van der Waals surface area contributed by atoms with E-state index in [-0.39, 0.29) is 5.92 Å². The molecule has 0 unspecified atom stereocenters. The minimum atomic E-state index is -0.662. The SMILES string of the molecule is CCOc1ccc2ccccc2c1CN1CCC(C(=O)O)CC1. The first-order chi connectivity index (χ1) is 11.2. The highest BCUT2D eigenvalue weighted by atomic mass is 16.5. The maximum absolute atomic E-state index is 11.1. The van der Waals surface area contributed by atoms with E-state index in [0.29, 0.717) is 6.61 Å². The Morgan fingerprint density at radius 3 is 2.65 bits per heavy atom. The number of fused-ring (bicyclic) bond motifs is 1. The van der Waals surface area contributed by atoms with Crippen molar-refractivity contribution in [3.05, 3.63) is 42.0 Å². The summed E-state index contributed by atoms with van der Waals surface area (Å²) >= 11 is 0. The lowest BCUT2D eigenvalue weighted by Crippen LogP contribution is -2.36. The second kappa shape index (κ2) is 7.01. The average Bonchev–Trinajstić information content (AvgIpc) is 2.57. The number of carboxylic acids is 1. The number of aliphatic carboxylic acids is 1. The summed E-state index contributed by atoms with van der Waals surface area (Å²) in [5.41, 5.74) is 1.21. The zero-order valence-corrected chi connectivity index (χ0v) is 13.5. The first-order valence-corrected chi connectivity index (χ1v) is 8.27. The molecule has 2 aromatic carbocycles. The van der Waals surface area contributed by atoms with Gasteiger partial charge in [-0.05, 0) is 49.7 Å². The van der Waals surface area contributed by atoms with Crippen LogP contribution in [-0.4, -0.2) is 35.7 Å². The second-order valence-electron chi connectivity index (χ2n) is 6.09. The van der Waals surface area contributed by atoms with Gasteiger partial charge in [0.05, 0.1) is 12.5 Å². The number of piperidine rings is 1. The predicted molar refractivity (Wildman–Crippen MR) is 90.8 cm³/mol. The molecule has 1 heterocycles. The Bertz CT molecular complexity index is 690. The van der Waals surface area contributed by atoms with E-state index in [9.17, 15) is 4.79 Å². The maximum Gasteiger partial charge on any atom is 0.306 e. The van der Waals surface area contributed by atoms with Crippen LogP contribution >= 0.6 is 0 Å². The molecule has 2 aromatic rings. The van der Waals surface area contributed by atoms with Crippen molar-refractivity contribution < 1.29 is 14.6 Å². The van der Waals surface area contributed by atoms with Gasteiger partial charge in [0.15, 0.2) is 0 Å². The highest BCUT2D eigenvalue weighted by molar-refractivity contribution is 5.87. The molecular formula is C19H23NO3. The lowest BCUT2D eigenvalue weighted by Gasteiger charge is -2.30. The van der Waals surface area contributed by atoms with Crippen molar-refractivity contribution in [3.8, 4) is 5.75 Å². The van der Waals surface area contributed by atoms with E-state index < -0.39 is 5.97 Å². The molecule has 1 aliphatic heterocycles. The van der Waals surface area contributed by atoms with Gasteiger partial charge >= 0.3 is 5.97 Å². The van der Waals surface area contributed by atoms with Crippen LogP contribution in [0.15, 0.2) is 36.4 Å². The Kier molecular flexibility index (Phi) is 4.82. The van der Waals surface area contributed by atoms with Crippen LogP contribution < -0.4 is 4.74 Å². The number of rotatable bonds is 5. The number of benzene rings is 2. The number of hydrogen-bond donors (Lipinski definition) is 1. The number of ether oxygens (including phenoxy) is 1. The number of carboxylic acid groups (broad SMARTS) is 1. The van der Waals surface area contributed by atoms with E-state index in [4.69, 9.17) is 9.84 Å². The monoisotopic (exact) mass is 313 g/mol. The van der Waals surface area contributed by atoms with Gasteiger partial charge in [-0.2, -0.15) is 0 Å². The molecule has 1 saturated heterocycles. The van der Waals surface area contributed by atoms with E-state index in [1.807, 2.05) is 19.1 Å². The van der Waals surface area contributed by atoms with Crippen molar-refractivity contribution in [2.45, 2.75) is 26.3 Å². The van der Waals surface area contributed by atoms with Gasteiger partial charge in [0.2, 0.25) is 0 Å². The van der Waals surface area contributed by atoms with E-state index in [0.717, 1.165) is 38.2 Å². The molecule has 0 spiro atoms. The molecule has 0 amide bonds. The molecule has 1 N–H and O–H groups in total. The number of hydrogen-bond acceptors (Lipinski definition) is 3. The van der Waals surface area contributed by atoms with Gasteiger partial charge in [0.1, 0.15) is 5.75 Å². The topological polar surface area (TPSA) is 49.8 Å². The zero-order chi connectivity index (χ0) is 16.2. The first-order valence-electron chi connectivity index (χ1n) is 8.27. The van der Waals surface area contributed by atoms with Gasteiger partial charge in [-0.1, -0.05) is 30.3 Å². The molecule has 0 aliphatic carbocycles. The highest BCUT2D eigenvalue weighted by Gasteiger charge is 2.25. The molecule has 23 heavy (non-hydrogen) atoms. The fraction of sp³-hybridized carbons (Fsp3) is 0.421. The normalized spacial score (nSPS) is 16.6. The third-order valence-corrected chi connectivity index (χ3v) is 4.62. The van der Waals surface area contributed by atoms with Crippen molar-refractivity contribution in [3.63, 3.8) is 0 Å². The van der Waals surface area contributed by atoms with Gasteiger partial charge < -0.3 is 9.84 Å². The smallest absolute Gasteiger partial charge is 0.306 e. The molecule has 0 atom stereocenters. The summed E-state index contributed by atoms with van der Waals surface area (Å²) in [4.78, 5) is 13.4. The summed E-state index contributed by atoms with van der Waals surface area (Å²) < 4.78 is 5.83. The quantitative estimate of drug-likeness (QED) is 0.917. The van der Waals surface area contributed by atoms with Crippen LogP contribution in [0.2, 0.25) is 0 Å². The molecule has 0 aromatic heterocycles. The Morgan fingerprint density at radius 1 is 1.22 bits per heavy atom. The molecule has 3 rings (SSSR count). The van der Waals surface area contributed by atoms with Crippen molar-refractivity contribution in [2.24, 2.45) is 5.92 Å². The maximum atomic E-state index is 11.1. The van der Waals surface area contributed by atoms with E-state index in [1.54, 1.807) is 0 Å². The van der Waals surface area contributed by atoms with E-state index in [2.05, 4.69) is 29.2 Å². The third kappa shape index (κ3) is 3.48. The Labute approximate surface area is 136 Å². The number of nitrogens with zero attached hydrogens (tertiary/aromatic N) is 1. The summed E-state index contributed by atoms with van der Waals surface area (Å²) in [5.74, 6) is 0.0847. The lowest BCUT2D eigenvalue weighted by molar-refractivity contribution is -0.143. The van der Waals surface area contributed by atoms with Gasteiger partial charge in [-0.25, -0.2) is 0 Å². The van der Waals surface area contributed by atoms with Crippen LogP contribution in [0.4, 0.5) is 0 Å². The molecule has 122 valence electrons. The molecule has 0 bridgehead atoms. The van der Waals surface area contributed by atoms with Crippen LogP contribution in [0.5, 0.6) is 5.75 Å². The second-order valence-corrected chi connectivity index (χ2v) is 6.09. The van der Waals surface area contributed by atoms with Gasteiger partial charge in [-0.15, -0.1) is 0 Å². The van der Waals surface area contributed by atoms with Crippen molar-refractivity contribution in [1.29, 1.82) is 0 Å². The van der Waals surface area contributed by atoms with Crippen LogP contribution in [0.25, 0.3) is 10.8 Å². The predicted octanol–water partition coefficient (Wildman–Crippen LogP) is 3.54. The van der Waals surface area contributed by atoms with Crippen LogP contribution in [0.1, 0.15) is 25.3 Å². The molecule has 4 heteroatoms. The van der Waals surface area contributed by atoms with E-state index >= 15 is 0 Å². The fourth-order valence-corrected chi connectivity index (χ4v) is 3.33. The highest BCUT2D eigenvalue weighted by Crippen LogP contribution is 2.30. The van der Waals surface area contributed by atoms with Gasteiger partial charge in [-0.3, -0.25) is 9.69 Å². The van der Waals surface area contributed by atoms with Crippen LogP contribution in [-0.2, 0) is 11.3 Å². The average molecular weight is 313 g/mol. The first kappa shape index (κ1) is 15.8. The molecule has 0 radical (unpaired) electrons. The third-order valence-electron chi connectivity index (χ3n) is 4.62.